The van der Waals surface area contributed by atoms with Crippen molar-refractivity contribution in [2.24, 2.45) is 0 Å². The van der Waals surface area contributed by atoms with Gasteiger partial charge in [0.05, 0.1) is 4.92 Å². The zero-order chi connectivity index (χ0) is 9.84. The van der Waals surface area contributed by atoms with Gasteiger partial charge in [0.2, 0.25) is 0 Å². The second-order valence-electron chi connectivity index (χ2n) is 2.47. The topological polar surface area (TPSA) is 72.6 Å². The second-order valence-corrected chi connectivity index (χ2v) is 2.47. The molecule has 0 aliphatic heterocycles. The van der Waals surface area contributed by atoms with Crippen LogP contribution < -0.4 is 4.74 Å². The lowest BCUT2D eigenvalue weighted by Crippen LogP contribution is -2.09. The summed E-state index contributed by atoms with van der Waals surface area (Å²) in [6.07, 6.45) is -0.915. The van der Waals surface area contributed by atoms with Gasteiger partial charge < -0.3 is 9.84 Å². The van der Waals surface area contributed by atoms with Crippen LogP contribution in [0.4, 0.5) is 5.69 Å². The molecule has 0 radical (unpaired) electrons. The number of benzene rings is 1. The van der Waals surface area contributed by atoms with Crippen molar-refractivity contribution in [3.05, 3.63) is 34.4 Å². The first kappa shape index (κ1) is 9.47. The highest BCUT2D eigenvalue weighted by atomic mass is 16.6. The Morgan fingerprint density at radius 1 is 1.46 bits per heavy atom. The first-order valence-electron chi connectivity index (χ1n) is 3.69. The molecule has 0 aliphatic rings. The van der Waals surface area contributed by atoms with Gasteiger partial charge in [-0.25, -0.2) is 0 Å². The number of ether oxygens (including phenoxy) is 1. The number of nitro groups is 1. The fraction of sp³-hybridized carbons (Fsp3) is 0.250. The van der Waals surface area contributed by atoms with Crippen LogP contribution in [0.5, 0.6) is 5.75 Å². The van der Waals surface area contributed by atoms with Gasteiger partial charge in [-0.3, -0.25) is 10.1 Å². The average Bonchev–Trinajstić information content (AvgIpc) is 2.04. The predicted octanol–water partition coefficient (Wildman–Crippen LogP) is 1.31. The molecule has 0 saturated carbocycles. The molecule has 5 heteroatoms. The quantitative estimate of drug-likeness (QED) is 0.435. The van der Waals surface area contributed by atoms with Crippen molar-refractivity contribution >= 4 is 5.69 Å². The molecule has 1 unspecified atom stereocenters. The molecule has 0 bridgehead atoms. The number of hydrogen-bond acceptors (Lipinski definition) is 4. The van der Waals surface area contributed by atoms with Crippen molar-refractivity contribution < 1.29 is 14.8 Å². The molecule has 0 heterocycles. The van der Waals surface area contributed by atoms with Crippen molar-refractivity contribution in [1.29, 1.82) is 0 Å². The fourth-order valence-electron chi connectivity index (χ4n) is 0.843. The third-order valence-electron chi connectivity index (χ3n) is 1.35. The number of nitro benzene ring substituents is 1. The van der Waals surface area contributed by atoms with Crippen LogP contribution in [-0.4, -0.2) is 16.3 Å². The van der Waals surface area contributed by atoms with Crippen LogP contribution in [0.2, 0.25) is 0 Å². The molecular weight excluding hydrogens is 174 g/mol. The summed E-state index contributed by atoms with van der Waals surface area (Å²) >= 11 is 0. The minimum atomic E-state index is -0.915. The van der Waals surface area contributed by atoms with Crippen molar-refractivity contribution in [2.75, 3.05) is 0 Å². The monoisotopic (exact) mass is 183 g/mol. The van der Waals surface area contributed by atoms with Gasteiger partial charge in [0.1, 0.15) is 5.75 Å². The van der Waals surface area contributed by atoms with Gasteiger partial charge in [-0.15, -0.1) is 0 Å². The van der Waals surface area contributed by atoms with Gasteiger partial charge in [0, 0.05) is 12.1 Å². The zero-order valence-corrected chi connectivity index (χ0v) is 7.01. The molecule has 1 rings (SSSR count). The molecule has 1 N–H and O–H groups in total. The summed E-state index contributed by atoms with van der Waals surface area (Å²) in [6, 6.07) is 5.51. The van der Waals surface area contributed by atoms with Crippen LogP contribution in [0.15, 0.2) is 24.3 Å². The largest absolute Gasteiger partial charge is 0.465 e. The summed E-state index contributed by atoms with van der Waals surface area (Å²) in [5.74, 6) is 0.403. The van der Waals surface area contributed by atoms with E-state index in [0.717, 1.165) is 0 Å². The number of aliphatic hydroxyl groups is 1. The van der Waals surface area contributed by atoms with E-state index in [-0.39, 0.29) is 5.69 Å². The van der Waals surface area contributed by atoms with Crippen molar-refractivity contribution in [3.63, 3.8) is 0 Å². The van der Waals surface area contributed by atoms with Crippen molar-refractivity contribution in [2.45, 2.75) is 13.2 Å². The highest BCUT2D eigenvalue weighted by molar-refractivity contribution is 5.35. The summed E-state index contributed by atoms with van der Waals surface area (Å²) in [4.78, 5) is 9.76. The number of non-ortho nitro benzene ring substituents is 1. The smallest absolute Gasteiger partial charge is 0.269 e. The number of nitrogens with zero attached hydrogens (tertiary/aromatic N) is 1. The molecule has 0 aliphatic carbocycles. The van der Waals surface area contributed by atoms with Crippen LogP contribution in [0, 0.1) is 10.1 Å². The molecule has 0 saturated heterocycles. The molecule has 5 nitrogen and oxygen atoms in total. The SMILES string of the molecule is CC(O)Oc1ccc([N+](=O)[O-])cc1. The van der Waals surface area contributed by atoms with E-state index in [1.54, 1.807) is 0 Å². The molecule has 13 heavy (non-hydrogen) atoms. The molecule has 0 fully saturated rings. The lowest BCUT2D eigenvalue weighted by atomic mass is 10.3. The van der Waals surface area contributed by atoms with Crippen LogP contribution in [-0.2, 0) is 0 Å². The van der Waals surface area contributed by atoms with E-state index in [1.165, 1.54) is 31.2 Å². The summed E-state index contributed by atoms with van der Waals surface area (Å²) in [5.41, 5.74) is -0.00190. The summed E-state index contributed by atoms with van der Waals surface area (Å²) in [5, 5.41) is 19.1. The Balaban J connectivity index is 2.75. The van der Waals surface area contributed by atoms with Crippen LogP contribution in [0.3, 0.4) is 0 Å². The lowest BCUT2D eigenvalue weighted by Gasteiger charge is -2.07. The van der Waals surface area contributed by atoms with E-state index in [1.807, 2.05) is 0 Å². The Labute approximate surface area is 74.7 Å². The predicted molar refractivity (Wildman–Crippen MR) is 45.4 cm³/mol. The molecule has 1 aromatic carbocycles. The maximum Gasteiger partial charge on any atom is 0.269 e. The van der Waals surface area contributed by atoms with E-state index in [4.69, 9.17) is 9.84 Å². The van der Waals surface area contributed by atoms with Gasteiger partial charge in [0.15, 0.2) is 6.29 Å². The summed E-state index contributed by atoms with van der Waals surface area (Å²) < 4.78 is 4.88. The van der Waals surface area contributed by atoms with E-state index in [0.29, 0.717) is 5.75 Å². The third-order valence-corrected chi connectivity index (χ3v) is 1.35. The molecule has 0 spiro atoms. The Hall–Kier alpha value is -1.62. The van der Waals surface area contributed by atoms with Gasteiger partial charge >= 0.3 is 0 Å². The molecule has 0 amide bonds. The lowest BCUT2D eigenvalue weighted by molar-refractivity contribution is -0.384. The van der Waals surface area contributed by atoms with E-state index < -0.39 is 11.2 Å². The van der Waals surface area contributed by atoms with Gasteiger partial charge in [0.25, 0.3) is 5.69 Å². The Morgan fingerprint density at radius 2 is 2.00 bits per heavy atom. The van der Waals surface area contributed by atoms with E-state index >= 15 is 0 Å². The standard InChI is InChI=1S/C8H9NO4/c1-6(10)13-8-4-2-7(3-5-8)9(11)12/h2-6,10H,1H3. The first-order valence-corrected chi connectivity index (χ1v) is 3.69. The minimum Gasteiger partial charge on any atom is -0.465 e. The molecule has 70 valence electrons. The second kappa shape index (κ2) is 3.86. The first-order chi connectivity index (χ1) is 6.09. The Bertz CT molecular complexity index is 294. The Kier molecular flexibility index (Phi) is 2.81. The summed E-state index contributed by atoms with van der Waals surface area (Å²) in [7, 11) is 0. The van der Waals surface area contributed by atoms with Crippen LogP contribution in [0.25, 0.3) is 0 Å². The fourth-order valence-corrected chi connectivity index (χ4v) is 0.843. The Morgan fingerprint density at radius 3 is 2.38 bits per heavy atom. The van der Waals surface area contributed by atoms with Crippen LogP contribution >= 0.6 is 0 Å². The van der Waals surface area contributed by atoms with Gasteiger partial charge in [-0.2, -0.15) is 0 Å². The van der Waals surface area contributed by atoms with Crippen molar-refractivity contribution in [3.8, 4) is 5.75 Å². The molecular formula is C8H9NO4. The molecule has 1 atom stereocenters. The minimum absolute atomic E-state index is 0.00190. The normalized spacial score (nSPS) is 12.2. The highest BCUT2D eigenvalue weighted by Gasteiger charge is 2.04. The zero-order valence-electron chi connectivity index (χ0n) is 7.01. The number of rotatable bonds is 3. The van der Waals surface area contributed by atoms with Crippen molar-refractivity contribution in [1.82, 2.24) is 0 Å². The summed E-state index contributed by atoms with van der Waals surface area (Å²) in [6.45, 7) is 1.46. The van der Waals surface area contributed by atoms with Gasteiger partial charge in [-0.05, 0) is 19.1 Å². The molecule has 0 aromatic heterocycles. The third kappa shape index (κ3) is 2.72. The maximum atomic E-state index is 10.2. The van der Waals surface area contributed by atoms with Crippen LogP contribution in [0.1, 0.15) is 6.92 Å². The number of hydrogen-bond donors (Lipinski definition) is 1. The number of aliphatic hydroxyl groups excluding tert-OH is 1. The average molecular weight is 183 g/mol. The van der Waals surface area contributed by atoms with Gasteiger partial charge in [-0.1, -0.05) is 0 Å². The van der Waals surface area contributed by atoms with E-state index in [9.17, 15) is 10.1 Å². The highest BCUT2D eigenvalue weighted by Crippen LogP contribution is 2.17. The van der Waals surface area contributed by atoms with E-state index in [2.05, 4.69) is 0 Å². The molecule has 1 aromatic rings. The maximum absolute atomic E-state index is 10.2.